The van der Waals surface area contributed by atoms with E-state index < -0.39 is 29.9 Å². The topological polar surface area (TPSA) is 128 Å². The van der Waals surface area contributed by atoms with Crippen molar-refractivity contribution in [1.29, 1.82) is 0 Å². The molecule has 2 aromatic carbocycles. The summed E-state index contributed by atoms with van der Waals surface area (Å²) in [5, 5.41) is 2.83. The molecule has 234 valence electrons. The van der Waals surface area contributed by atoms with Crippen LogP contribution in [0.1, 0.15) is 39.4 Å². The van der Waals surface area contributed by atoms with Crippen LogP contribution in [0.3, 0.4) is 0 Å². The number of amides is 1. The van der Waals surface area contributed by atoms with Gasteiger partial charge in [0.05, 0.1) is 44.1 Å². The number of carbonyl (C=O) groups excluding carboxylic acids is 2. The average Bonchev–Trinajstić information content (AvgIpc) is 3.36. The van der Waals surface area contributed by atoms with Gasteiger partial charge in [-0.25, -0.2) is 9.59 Å². The minimum absolute atomic E-state index is 0.00313. The predicted octanol–water partition coefficient (Wildman–Crippen LogP) is 5.61. The third kappa shape index (κ3) is 11.0. The van der Waals surface area contributed by atoms with Crippen molar-refractivity contribution in [1.82, 2.24) is 5.32 Å². The number of alkyl halides is 3. The number of thiophene rings is 1. The van der Waals surface area contributed by atoms with Crippen LogP contribution < -0.4 is 20.5 Å². The largest absolute Gasteiger partial charge is 0.491 e. The standard InChI is InChI=1S/C29H33F3N2O8S/c1-19(42-24-17-25(33)43-26(24)27(35)37-2)22-9-8-21(16-23(22)29(30,31)32)40-15-14-39-13-12-38-11-10-34-28(36)41-18-20-6-4-3-5-7-20/h3-9,16-17,19H,10-15,18,33H2,1-2H3,(H,34,36). The number of nitrogens with two attached hydrogens (primary N) is 1. The zero-order valence-electron chi connectivity index (χ0n) is 23.6. The first kappa shape index (κ1) is 33.5. The quantitative estimate of drug-likeness (QED) is 0.154. The molecule has 3 N–H and O–H groups in total. The molecular formula is C29H33F3N2O8S. The van der Waals surface area contributed by atoms with Crippen LogP contribution in [0.4, 0.5) is 23.0 Å². The molecule has 0 saturated carbocycles. The second-order valence-corrected chi connectivity index (χ2v) is 9.99. The van der Waals surface area contributed by atoms with Gasteiger partial charge in [0.25, 0.3) is 0 Å². The molecule has 0 fully saturated rings. The molecule has 1 heterocycles. The van der Waals surface area contributed by atoms with Crippen molar-refractivity contribution in [3.8, 4) is 11.5 Å². The van der Waals surface area contributed by atoms with Crippen LogP contribution in [-0.4, -0.2) is 58.8 Å². The van der Waals surface area contributed by atoms with E-state index in [1.807, 2.05) is 30.3 Å². The number of nitrogen functional groups attached to an aromatic ring is 1. The Balaban J connectivity index is 1.36. The molecule has 0 bridgehead atoms. The number of esters is 1. The first-order valence-electron chi connectivity index (χ1n) is 13.2. The number of alkyl carbamates (subject to hydrolysis) is 1. The van der Waals surface area contributed by atoms with E-state index in [2.05, 4.69) is 10.1 Å². The Morgan fingerprint density at radius 3 is 2.37 bits per heavy atom. The summed E-state index contributed by atoms with van der Waals surface area (Å²) in [6, 6.07) is 14.2. The lowest BCUT2D eigenvalue weighted by molar-refractivity contribution is -0.139. The first-order valence-corrected chi connectivity index (χ1v) is 14.0. The summed E-state index contributed by atoms with van der Waals surface area (Å²) in [5.41, 5.74) is 5.54. The molecule has 0 aliphatic rings. The first-order chi connectivity index (χ1) is 20.6. The van der Waals surface area contributed by atoms with E-state index in [1.54, 1.807) is 0 Å². The zero-order chi connectivity index (χ0) is 31.2. The summed E-state index contributed by atoms with van der Waals surface area (Å²) < 4.78 is 73.3. The van der Waals surface area contributed by atoms with Crippen molar-refractivity contribution in [2.75, 3.05) is 52.4 Å². The van der Waals surface area contributed by atoms with Gasteiger partial charge in [0, 0.05) is 18.2 Å². The molecule has 1 aromatic heterocycles. The molecule has 3 rings (SSSR count). The van der Waals surface area contributed by atoms with Gasteiger partial charge in [0.1, 0.15) is 30.8 Å². The van der Waals surface area contributed by atoms with E-state index in [9.17, 15) is 22.8 Å². The number of hydrogen-bond donors (Lipinski definition) is 2. The molecule has 1 amide bonds. The maximum absolute atomic E-state index is 13.9. The lowest BCUT2D eigenvalue weighted by atomic mass is 10.0. The second-order valence-electron chi connectivity index (χ2n) is 8.90. The van der Waals surface area contributed by atoms with Crippen molar-refractivity contribution in [2.45, 2.75) is 25.8 Å². The fourth-order valence-electron chi connectivity index (χ4n) is 3.73. The second kappa shape index (κ2) is 16.6. The molecule has 0 aliphatic carbocycles. The molecular weight excluding hydrogens is 593 g/mol. The van der Waals surface area contributed by atoms with Crippen LogP contribution >= 0.6 is 11.3 Å². The van der Waals surface area contributed by atoms with Crippen LogP contribution in [0, 0.1) is 0 Å². The van der Waals surface area contributed by atoms with E-state index >= 15 is 0 Å². The number of benzene rings is 2. The monoisotopic (exact) mass is 626 g/mol. The number of nitrogens with one attached hydrogen (secondary N) is 1. The molecule has 1 atom stereocenters. The molecule has 10 nitrogen and oxygen atoms in total. The Bertz CT molecular complexity index is 1320. The lowest BCUT2D eigenvalue weighted by Crippen LogP contribution is -2.28. The van der Waals surface area contributed by atoms with E-state index in [-0.39, 0.29) is 73.1 Å². The number of rotatable bonds is 16. The fourth-order valence-corrected chi connectivity index (χ4v) is 4.51. The van der Waals surface area contributed by atoms with E-state index in [4.69, 9.17) is 29.4 Å². The normalized spacial score (nSPS) is 11.9. The van der Waals surface area contributed by atoms with Crippen molar-refractivity contribution >= 4 is 28.4 Å². The van der Waals surface area contributed by atoms with Crippen LogP contribution in [0.5, 0.6) is 11.5 Å². The van der Waals surface area contributed by atoms with Gasteiger partial charge in [0.2, 0.25) is 0 Å². The lowest BCUT2D eigenvalue weighted by Gasteiger charge is -2.21. The summed E-state index contributed by atoms with van der Waals surface area (Å²) in [6.07, 6.45) is -6.31. The van der Waals surface area contributed by atoms with E-state index in [0.717, 1.165) is 23.0 Å². The van der Waals surface area contributed by atoms with Gasteiger partial charge in [-0.05, 0) is 24.6 Å². The predicted molar refractivity (Wildman–Crippen MR) is 152 cm³/mol. The van der Waals surface area contributed by atoms with Gasteiger partial charge < -0.3 is 39.5 Å². The smallest absolute Gasteiger partial charge is 0.416 e. The molecule has 3 aromatic rings. The Kier molecular flexibility index (Phi) is 12.9. The van der Waals surface area contributed by atoms with Crippen LogP contribution in [0.15, 0.2) is 54.6 Å². The zero-order valence-corrected chi connectivity index (χ0v) is 24.4. The van der Waals surface area contributed by atoms with E-state index in [1.165, 1.54) is 32.2 Å². The van der Waals surface area contributed by atoms with Crippen molar-refractivity contribution in [3.63, 3.8) is 0 Å². The summed E-state index contributed by atoms with van der Waals surface area (Å²) in [4.78, 5) is 23.7. The third-order valence-electron chi connectivity index (χ3n) is 5.76. The van der Waals surface area contributed by atoms with Gasteiger partial charge >= 0.3 is 18.2 Å². The minimum atomic E-state index is -4.69. The summed E-state index contributed by atoms with van der Waals surface area (Å²) in [6.45, 7) is 2.71. The summed E-state index contributed by atoms with van der Waals surface area (Å²) in [7, 11) is 1.18. The van der Waals surface area contributed by atoms with Crippen LogP contribution in [0.25, 0.3) is 0 Å². The van der Waals surface area contributed by atoms with Crippen LogP contribution in [-0.2, 0) is 31.7 Å². The van der Waals surface area contributed by atoms with Crippen molar-refractivity contribution in [3.05, 3.63) is 76.2 Å². The number of ether oxygens (including phenoxy) is 6. The van der Waals surface area contributed by atoms with Gasteiger partial charge in [-0.2, -0.15) is 13.2 Å². The maximum Gasteiger partial charge on any atom is 0.416 e. The molecule has 14 heteroatoms. The van der Waals surface area contributed by atoms with Crippen LogP contribution in [0.2, 0.25) is 0 Å². The molecule has 0 aliphatic heterocycles. The average molecular weight is 627 g/mol. The minimum Gasteiger partial charge on any atom is -0.491 e. The number of methoxy groups -OCH3 is 1. The third-order valence-corrected chi connectivity index (χ3v) is 6.68. The molecule has 1 unspecified atom stereocenters. The fraction of sp³-hybridized carbons (Fsp3) is 0.379. The van der Waals surface area contributed by atoms with Gasteiger partial charge in [-0.1, -0.05) is 36.4 Å². The number of halogens is 3. The highest BCUT2D eigenvalue weighted by Gasteiger charge is 2.36. The number of carbonyl (C=O) groups is 2. The van der Waals surface area contributed by atoms with Gasteiger partial charge in [-0.3, -0.25) is 0 Å². The Labute approximate surface area is 250 Å². The number of hydrogen-bond acceptors (Lipinski definition) is 10. The highest BCUT2D eigenvalue weighted by atomic mass is 32.1. The Morgan fingerprint density at radius 1 is 0.977 bits per heavy atom. The van der Waals surface area contributed by atoms with Gasteiger partial charge in [-0.15, -0.1) is 11.3 Å². The maximum atomic E-state index is 13.9. The van der Waals surface area contributed by atoms with Gasteiger partial charge in [0.15, 0.2) is 4.88 Å². The van der Waals surface area contributed by atoms with Crippen molar-refractivity contribution in [2.24, 2.45) is 0 Å². The molecule has 43 heavy (non-hydrogen) atoms. The Morgan fingerprint density at radius 2 is 1.67 bits per heavy atom. The summed E-state index contributed by atoms with van der Waals surface area (Å²) >= 11 is 0.914. The highest BCUT2D eigenvalue weighted by Crippen LogP contribution is 2.40. The summed E-state index contributed by atoms with van der Waals surface area (Å²) in [5.74, 6) is -0.663. The highest BCUT2D eigenvalue weighted by molar-refractivity contribution is 7.18. The SMILES string of the molecule is COC(=O)c1sc(N)cc1OC(C)c1ccc(OCCOCCOCCNC(=O)OCc2ccccc2)cc1C(F)(F)F. The molecule has 0 saturated heterocycles. The number of anilines is 1. The molecule has 0 spiro atoms. The van der Waals surface area contributed by atoms with Crippen molar-refractivity contribution < 1.29 is 51.2 Å². The molecule has 0 radical (unpaired) electrons. The Hall–Kier alpha value is -4.01. The van der Waals surface area contributed by atoms with E-state index in [0.29, 0.717) is 0 Å².